The number of hydrogen-bond donors (Lipinski definition) is 1. The van der Waals surface area contributed by atoms with Crippen molar-refractivity contribution in [3.05, 3.63) is 78.4 Å². The molecule has 0 aliphatic carbocycles. The molecular formula is C20H23ClN4. The van der Waals surface area contributed by atoms with Crippen molar-refractivity contribution in [1.29, 1.82) is 0 Å². The molecule has 4 nitrogen and oxygen atoms in total. The van der Waals surface area contributed by atoms with E-state index < -0.39 is 0 Å². The summed E-state index contributed by atoms with van der Waals surface area (Å²) < 4.78 is 0. The topological polar surface area (TPSA) is 41.0 Å². The second kappa shape index (κ2) is 9.77. The number of nitrogens with one attached hydrogen (secondary N) is 1. The summed E-state index contributed by atoms with van der Waals surface area (Å²) in [6.07, 6.45) is 0. The van der Waals surface area contributed by atoms with Gasteiger partial charge in [-0.3, -0.25) is 0 Å². The van der Waals surface area contributed by atoms with Crippen molar-refractivity contribution < 1.29 is 0 Å². The number of benzene rings is 2. The number of hydrogen-bond acceptors (Lipinski definition) is 4. The summed E-state index contributed by atoms with van der Waals surface area (Å²) in [5, 5.41) is 11.9. The van der Waals surface area contributed by atoms with Gasteiger partial charge in [0.05, 0.1) is 5.69 Å². The highest BCUT2D eigenvalue weighted by Crippen LogP contribution is 2.16. The summed E-state index contributed by atoms with van der Waals surface area (Å²) in [5.74, 6) is 0.808. The van der Waals surface area contributed by atoms with E-state index in [9.17, 15) is 0 Å². The van der Waals surface area contributed by atoms with Crippen LogP contribution in [0.1, 0.15) is 5.56 Å². The molecule has 1 heterocycles. The van der Waals surface area contributed by atoms with E-state index in [0.29, 0.717) is 0 Å². The van der Waals surface area contributed by atoms with Crippen LogP contribution in [0.15, 0.2) is 72.8 Å². The molecule has 0 spiro atoms. The minimum absolute atomic E-state index is 0. The number of likely N-dealkylation sites (N-methyl/N-ethyl adjacent to an activating group) is 1. The average molecular weight is 355 g/mol. The predicted molar refractivity (Wildman–Crippen MR) is 106 cm³/mol. The molecule has 0 saturated heterocycles. The number of aromatic nitrogens is 2. The number of rotatable bonds is 7. The highest BCUT2D eigenvalue weighted by Gasteiger charge is 2.02. The first-order valence-corrected chi connectivity index (χ1v) is 8.17. The average Bonchev–Trinajstić information content (AvgIpc) is 2.64. The Morgan fingerprint density at radius 3 is 2.16 bits per heavy atom. The molecule has 0 amide bonds. The minimum Gasteiger partial charge on any atom is -0.367 e. The molecule has 1 aromatic heterocycles. The molecule has 0 atom stereocenters. The Hall–Kier alpha value is -2.43. The lowest BCUT2D eigenvalue weighted by molar-refractivity contribution is 0.340. The van der Waals surface area contributed by atoms with Gasteiger partial charge in [-0.25, -0.2) is 0 Å². The van der Waals surface area contributed by atoms with Crippen LogP contribution in [-0.2, 0) is 6.54 Å². The Labute approximate surface area is 155 Å². The van der Waals surface area contributed by atoms with Crippen molar-refractivity contribution >= 4 is 18.2 Å². The second-order valence-electron chi connectivity index (χ2n) is 5.82. The van der Waals surface area contributed by atoms with Crippen LogP contribution >= 0.6 is 12.4 Å². The molecule has 0 saturated carbocycles. The minimum atomic E-state index is 0. The fourth-order valence-corrected chi connectivity index (χ4v) is 2.54. The lowest BCUT2D eigenvalue weighted by Crippen LogP contribution is -2.25. The molecule has 5 heteroatoms. The lowest BCUT2D eigenvalue weighted by atomic mass is 10.1. The van der Waals surface area contributed by atoms with E-state index in [2.05, 4.69) is 51.7 Å². The summed E-state index contributed by atoms with van der Waals surface area (Å²) in [5.41, 5.74) is 3.30. The van der Waals surface area contributed by atoms with Crippen LogP contribution in [-0.4, -0.2) is 35.2 Å². The van der Waals surface area contributed by atoms with Crippen molar-refractivity contribution in [2.45, 2.75) is 6.54 Å². The molecule has 130 valence electrons. The molecule has 1 N–H and O–H groups in total. The Morgan fingerprint density at radius 2 is 1.52 bits per heavy atom. The maximum absolute atomic E-state index is 4.29. The monoisotopic (exact) mass is 354 g/mol. The second-order valence-corrected chi connectivity index (χ2v) is 5.82. The maximum atomic E-state index is 4.29. The summed E-state index contributed by atoms with van der Waals surface area (Å²) >= 11 is 0. The van der Waals surface area contributed by atoms with Gasteiger partial charge in [0.1, 0.15) is 5.82 Å². The normalized spacial score (nSPS) is 10.3. The van der Waals surface area contributed by atoms with Gasteiger partial charge in [-0.15, -0.1) is 22.6 Å². The lowest BCUT2D eigenvalue weighted by Gasteiger charge is -2.17. The highest BCUT2D eigenvalue weighted by atomic mass is 35.5. The molecular weight excluding hydrogens is 332 g/mol. The quantitative estimate of drug-likeness (QED) is 0.693. The van der Waals surface area contributed by atoms with Crippen LogP contribution in [0.25, 0.3) is 11.3 Å². The van der Waals surface area contributed by atoms with E-state index >= 15 is 0 Å². The first-order valence-electron chi connectivity index (χ1n) is 8.17. The van der Waals surface area contributed by atoms with Crippen molar-refractivity contribution in [2.24, 2.45) is 0 Å². The summed E-state index contributed by atoms with van der Waals surface area (Å²) in [4.78, 5) is 2.29. The molecule has 0 fully saturated rings. The molecule has 0 unspecified atom stereocenters. The third kappa shape index (κ3) is 5.85. The van der Waals surface area contributed by atoms with Gasteiger partial charge in [0, 0.05) is 25.2 Å². The summed E-state index contributed by atoms with van der Waals surface area (Å²) in [7, 11) is 2.12. The van der Waals surface area contributed by atoms with Crippen LogP contribution in [0.3, 0.4) is 0 Å². The Balaban J connectivity index is 0.00000225. The fourth-order valence-electron chi connectivity index (χ4n) is 2.54. The zero-order valence-electron chi connectivity index (χ0n) is 14.3. The van der Waals surface area contributed by atoms with Gasteiger partial charge in [0.15, 0.2) is 0 Å². The van der Waals surface area contributed by atoms with Gasteiger partial charge in [0.25, 0.3) is 0 Å². The molecule has 0 bridgehead atoms. The van der Waals surface area contributed by atoms with E-state index in [-0.39, 0.29) is 12.4 Å². The van der Waals surface area contributed by atoms with E-state index in [4.69, 9.17) is 0 Å². The van der Waals surface area contributed by atoms with Gasteiger partial charge in [-0.05, 0) is 24.7 Å². The van der Waals surface area contributed by atoms with Crippen LogP contribution in [0.2, 0.25) is 0 Å². The molecule has 3 aromatic rings. The standard InChI is InChI=1S/C20H22N4.ClH/c1-24(16-17-8-4-2-5-9-17)15-14-21-20-13-12-19(22-23-20)18-10-6-3-7-11-18;/h2-13H,14-16H2,1H3,(H,21,23);1H. The van der Waals surface area contributed by atoms with E-state index in [1.54, 1.807) is 0 Å². The first-order chi connectivity index (χ1) is 11.8. The van der Waals surface area contributed by atoms with Crippen molar-refractivity contribution in [1.82, 2.24) is 15.1 Å². The molecule has 2 aromatic carbocycles. The fraction of sp³-hybridized carbons (Fsp3) is 0.200. The van der Waals surface area contributed by atoms with Gasteiger partial charge in [-0.1, -0.05) is 60.7 Å². The van der Waals surface area contributed by atoms with E-state index in [1.165, 1.54) is 5.56 Å². The van der Waals surface area contributed by atoms with Crippen LogP contribution in [0, 0.1) is 0 Å². The van der Waals surface area contributed by atoms with Crippen molar-refractivity contribution in [3.8, 4) is 11.3 Å². The van der Waals surface area contributed by atoms with Crippen LogP contribution in [0.4, 0.5) is 5.82 Å². The third-order valence-electron chi connectivity index (χ3n) is 3.83. The van der Waals surface area contributed by atoms with Gasteiger partial charge >= 0.3 is 0 Å². The first kappa shape index (κ1) is 18.9. The molecule has 0 aliphatic rings. The van der Waals surface area contributed by atoms with Crippen molar-refractivity contribution in [3.63, 3.8) is 0 Å². The van der Waals surface area contributed by atoms with E-state index in [1.807, 2.05) is 48.5 Å². The zero-order chi connectivity index (χ0) is 16.6. The SMILES string of the molecule is CN(CCNc1ccc(-c2ccccc2)nn1)Cc1ccccc1.Cl. The largest absolute Gasteiger partial charge is 0.367 e. The number of nitrogens with zero attached hydrogens (tertiary/aromatic N) is 3. The van der Waals surface area contributed by atoms with Crippen molar-refractivity contribution in [2.75, 3.05) is 25.5 Å². The van der Waals surface area contributed by atoms with Gasteiger partial charge in [-0.2, -0.15) is 0 Å². The zero-order valence-corrected chi connectivity index (χ0v) is 15.1. The smallest absolute Gasteiger partial charge is 0.148 e. The highest BCUT2D eigenvalue weighted by molar-refractivity contribution is 5.85. The van der Waals surface area contributed by atoms with Crippen LogP contribution in [0.5, 0.6) is 0 Å². The van der Waals surface area contributed by atoms with Gasteiger partial charge < -0.3 is 10.2 Å². The molecule has 0 radical (unpaired) electrons. The Morgan fingerprint density at radius 1 is 0.840 bits per heavy atom. The molecule has 0 aliphatic heterocycles. The van der Waals surface area contributed by atoms with E-state index in [0.717, 1.165) is 36.7 Å². The van der Waals surface area contributed by atoms with Crippen LogP contribution < -0.4 is 5.32 Å². The Bertz CT molecular complexity index is 733. The number of halogens is 1. The number of anilines is 1. The summed E-state index contributed by atoms with van der Waals surface area (Å²) in [6.45, 7) is 2.72. The maximum Gasteiger partial charge on any atom is 0.148 e. The predicted octanol–water partition coefficient (Wildman–Crippen LogP) is 4.11. The van der Waals surface area contributed by atoms with Gasteiger partial charge in [0.2, 0.25) is 0 Å². The molecule has 3 rings (SSSR count). The molecule has 25 heavy (non-hydrogen) atoms. The Kier molecular flexibility index (Phi) is 7.38. The third-order valence-corrected chi connectivity index (χ3v) is 3.83. The summed E-state index contributed by atoms with van der Waals surface area (Å²) in [6, 6.07) is 24.6.